The molecule has 1 nitrogen and oxygen atoms in total. The van der Waals surface area contributed by atoms with E-state index in [4.69, 9.17) is 5.26 Å². The lowest BCUT2D eigenvalue weighted by Gasteiger charge is -2.12. The van der Waals surface area contributed by atoms with Gasteiger partial charge in [0.1, 0.15) is 0 Å². The van der Waals surface area contributed by atoms with Crippen LogP contribution in [0.1, 0.15) is 59.3 Å². The normalized spacial score (nSPS) is 18.6. The van der Waals surface area contributed by atoms with Crippen molar-refractivity contribution in [3.63, 3.8) is 0 Å². The van der Waals surface area contributed by atoms with Gasteiger partial charge in [0.05, 0.1) is 6.07 Å². The van der Waals surface area contributed by atoms with Crippen molar-refractivity contribution in [1.29, 1.82) is 5.26 Å². The van der Waals surface area contributed by atoms with E-state index in [0.717, 1.165) is 12.3 Å². The second kappa shape index (κ2) is 8.10. The first-order valence-corrected chi connectivity index (χ1v) is 5.70. The molecular formula is C12H23N. The third-order valence-corrected chi connectivity index (χ3v) is 2.65. The van der Waals surface area contributed by atoms with Gasteiger partial charge in [0.25, 0.3) is 0 Å². The molecular weight excluding hydrogens is 158 g/mol. The Morgan fingerprint density at radius 1 is 1.31 bits per heavy atom. The van der Waals surface area contributed by atoms with Crippen LogP contribution in [0.25, 0.3) is 0 Å². The molecule has 0 bridgehead atoms. The molecule has 1 rings (SSSR count). The molecule has 76 valence electrons. The monoisotopic (exact) mass is 181 g/mol. The van der Waals surface area contributed by atoms with E-state index in [1.165, 1.54) is 32.1 Å². The predicted molar refractivity (Wildman–Crippen MR) is 57.3 cm³/mol. The van der Waals surface area contributed by atoms with Crippen molar-refractivity contribution in [2.24, 2.45) is 11.8 Å². The van der Waals surface area contributed by atoms with Crippen molar-refractivity contribution in [1.82, 2.24) is 0 Å². The van der Waals surface area contributed by atoms with Crippen molar-refractivity contribution < 1.29 is 0 Å². The van der Waals surface area contributed by atoms with Crippen LogP contribution in [0.15, 0.2) is 0 Å². The van der Waals surface area contributed by atoms with E-state index in [1.807, 2.05) is 13.8 Å². The summed E-state index contributed by atoms with van der Waals surface area (Å²) in [5.74, 6) is 1.57. The van der Waals surface area contributed by atoms with Crippen LogP contribution in [0.3, 0.4) is 0 Å². The van der Waals surface area contributed by atoms with Gasteiger partial charge < -0.3 is 0 Å². The molecule has 0 spiro atoms. The zero-order valence-corrected chi connectivity index (χ0v) is 9.34. The number of hydrogen-bond donors (Lipinski definition) is 0. The number of nitriles is 1. The summed E-state index contributed by atoms with van der Waals surface area (Å²) in [7, 11) is 0. The maximum atomic E-state index is 8.46. The van der Waals surface area contributed by atoms with Crippen LogP contribution in [-0.2, 0) is 0 Å². The molecule has 1 saturated carbocycles. The lowest BCUT2D eigenvalue weighted by Crippen LogP contribution is -2.01. The summed E-state index contributed by atoms with van der Waals surface area (Å²) < 4.78 is 0. The molecule has 0 amide bonds. The Morgan fingerprint density at radius 3 is 2.31 bits per heavy atom. The summed E-state index contributed by atoms with van der Waals surface area (Å²) in [6, 6.07) is 2.24. The fourth-order valence-corrected chi connectivity index (χ4v) is 2.05. The third-order valence-electron chi connectivity index (χ3n) is 2.65. The Balaban J connectivity index is 0.000000671. The minimum absolute atomic E-state index is 0.628. The van der Waals surface area contributed by atoms with Gasteiger partial charge in [-0.1, -0.05) is 46.5 Å². The average Bonchev–Trinajstić information content (AvgIpc) is 2.61. The SMILES string of the molecule is CC.CC(CC#N)CC1CCCC1. The van der Waals surface area contributed by atoms with Gasteiger partial charge in [-0.25, -0.2) is 0 Å². The Kier molecular flexibility index (Phi) is 7.79. The maximum absolute atomic E-state index is 8.46. The van der Waals surface area contributed by atoms with Crippen molar-refractivity contribution in [3.05, 3.63) is 0 Å². The molecule has 1 aliphatic carbocycles. The summed E-state index contributed by atoms with van der Waals surface area (Å²) >= 11 is 0. The maximum Gasteiger partial charge on any atom is 0.0624 e. The first kappa shape index (κ1) is 12.5. The van der Waals surface area contributed by atoms with Gasteiger partial charge in [-0.3, -0.25) is 0 Å². The first-order chi connectivity index (χ1) is 6.33. The molecule has 0 aromatic heterocycles. The molecule has 0 aliphatic heterocycles. The Labute approximate surface area is 83.1 Å². The predicted octanol–water partition coefficient (Wildman–Crippen LogP) is 4.14. The molecule has 0 aromatic carbocycles. The number of hydrogen-bond acceptors (Lipinski definition) is 1. The molecule has 0 saturated heterocycles. The molecule has 1 fully saturated rings. The molecule has 1 unspecified atom stereocenters. The molecule has 0 heterocycles. The van der Waals surface area contributed by atoms with Crippen LogP contribution < -0.4 is 0 Å². The molecule has 1 heteroatoms. The molecule has 1 atom stereocenters. The van der Waals surface area contributed by atoms with Gasteiger partial charge in [-0.2, -0.15) is 5.26 Å². The van der Waals surface area contributed by atoms with Crippen molar-refractivity contribution in [2.75, 3.05) is 0 Å². The quantitative estimate of drug-likeness (QED) is 0.642. The molecule has 13 heavy (non-hydrogen) atoms. The largest absolute Gasteiger partial charge is 0.198 e. The highest BCUT2D eigenvalue weighted by molar-refractivity contribution is 4.77. The average molecular weight is 181 g/mol. The Hall–Kier alpha value is -0.510. The van der Waals surface area contributed by atoms with Crippen LogP contribution in [0.5, 0.6) is 0 Å². The van der Waals surface area contributed by atoms with Crippen LogP contribution in [-0.4, -0.2) is 0 Å². The lowest BCUT2D eigenvalue weighted by molar-refractivity contribution is 0.402. The highest BCUT2D eigenvalue weighted by Gasteiger charge is 2.17. The first-order valence-electron chi connectivity index (χ1n) is 5.70. The summed E-state index contributed by atoms with van der Waals surface area (Å²) in [5, 5.41) is 8.46. The van der Waals surface area contributed by atoms with Crippen LogP contribution >= 0.6 is 0 Å². The van der Waals surface area contributed by atoms with Crippen LogP contribution in [0, 0.1) is 23.2 Å². The van der Waals surface area contributed by atoms with E-state index in [1.54, 1.807) is 0 Å². The zero-order valence-electron chi connectivity index (χ0n) is 9.34. The smallest absolute Gasteiger partial charge is 0.0624 e. The zero-order chi connectivity index (χ0) is 10.1. The lowest BCUT2D eigenvalue weighted by atomic mass is 9.93. The minimum atomic E-state index is 0.628. The van der Waals surface area contributed by atoms with E-state index in [-0.39, 0.29) is 0 Å². The molecule has 1 aliphatic rings. The Bertz CT molecular complexity index is 140. The van der Waals surface area contributed by atoms with Gasteiger partial charge in [-0.05, 0) is 18.3 Å². The van der Waals surface area contributed by atoms with E-state index < -0.39 is 0 Å². The molecule has 0 radical (unpaired) electrons. The van der Waals surface area contributed by atoms with Gasteiger partial charge in [-0.15, -0.1) is 0 Å². The van der Waals surface area contributed by atoms with Gasteiger partial charge in [0.2, 0.25) is 0 Å². The second-order valence-corrected chi connectivity index (χ2v) is 3.85. The summed E-state index contributed by atoms with van der Waals surface area (Å²) in [4.78, 5) is 0. The second-order valence-electron chi connectivity index (χ2n) is 3.85. The topological polar surface area (TPSA) is 23.8 Å². The fourth-order valence-electron chi connectivity index (χ4n) is 2.05. The summed E-state index contributed by atoms with van der Waals surface area (Å²) in [6.45, 7) is 6.20. The minimum Gasteiger partial charge on any atom is -0.198 e. The van der Waals surface area contributed by atoms with Gasteiger partial charge >= 0.3 is 0 Å². The summed E-state index contributed by atoms with van der Waals surface area (Å²) in [6.07, 6.45) is 7.70. The van der Waals surface area contributed by atoms with E-state index in [2.05, 4.69) is 13.0 Å². The standard InChI is InChI=1S/C10H17N.C2H6/c1-9(6-7-11)8-10-4-2-3-5-10;1-2/h9-10H,2-6,8H2,1H3;1-2H3. The van der Waals surface area contributed by atoms with Crippen LogP contribution in [0.4, 0.5) is 0 Å². The molecule has 0 aromatic rings. The molecule has 0 N–H and O–H groups in total. The van der Waals surface area contributed by atoms with Gasteiger partial charge in [0, 0.05) is 6.42 Å². The van der Waals surface area contributed by atoms with E-state index in [0.29, 0.717) is 5.92 Å². The highest BCUT2D eigenvalue weighted by Crippen LogP contribution is 2.30. The van der Waals surface area contributed by atoms with Gasteiger partial charge in [0.15, 0.2) is 0 Å². The van der Waals surface area contributed by atoms with Crippen molar-refractivity contribution in [3.8, 4) is 6.07 Å². The number of nitrogens with zero attached hydrogens (tertiary/aromatic N) is 1. The summed E-state index contributed by atoms with van der Waals surface area (Å²) in [5.41, 5.74) is 0. The van der Waals surface area contributed by atoms with Crippen LogP contribution in [0.2, 0.25) is 0 Å². The van der Waals surface area contributed by atoms with Crippen molar-refractivity contribution >= 4 is 0 Å². The van der Waals surface area contributed by atoms with Crippen molar-refractivity contribution in [2.45, 2.75) is 59.3 Å². The highest BCUT2D eigenvalue weighted by atomic mass is 14.3. The van der Waals surface area contributed by atoms with E-state index >= 15 is 0 Å². The third kappa shape index (κ3) is 5.69. The Morgan fingerprint density at radius 2 is 1.85 bits per heavy atom. The number of rotatable bonds is 3. The fraction of sp³-hybridized carbons (Fsp3) is 0.917. The van der Waals surface area contributed by atoms with E-state index in [9.17, 15) is 0 Å².